The minimum Gasteiger partial charge on any atom is -0.492 e. The highest BCUT2D eigenvalue weighted by Crippen LogP contribution is 2.19. The summed E-state index contributed by atoms with van der Waals surface area (Å²) in [5.41, 5.74) is 0.119. The Morgan fingerprint density at radius 1 is 1.07 bits per heavy atom. The van der Waals surface area contributed by atoms with E-state index in [0.717, 1.165) is 17.7 Å². The van der Waals surface area contributed by atoms with Gasteiger partial charge in [-0.25, -0.2) is 9.59 Å². The SMILES string of the molecule is CC(C)(C)OC(=O)N[C@@H](COCc1ccccc1)C(=O)On1c(O)ccc1O. The highest BCUT2D eigenvalue weighted by molar-refractivity contribution is 5.82. The van der Waals surface area contributed by atoms with E-state index in [1.165, 1.54) is 0 Å². The van der Waals surface area contributed by atoms with Crippen molar-refractivity contribution in [2.24, 2.45) is 0 Å². The average Bonchev–Trinajstić information content (AvgIpc) is 2.92. The van der Waals surface area contributed by atoms with Crippen LogP contribution in [0.25, 0.3) is 0 Å². The van der Waals surface area contributed by atoms with Crippen LogP contribution >= 0.6 is 0 Å². The van der Waals surface area contributed by atoms with E-state index in [9.17, 15) is 19.8 Å². The Hall–Kier alpha value is -3.20. The molecule has 9 heteroatoms. The molecule has 0 aliphatic carbocycles. The first-order valence-corrected chi connectivity index (χ1v) is 8.59. The smallest absolute Gasteiger partial charge is 0.408 e. The summed E-state index contributed by atoms with van der Waals surface area (Å²) < 4.78 is 11.2. The molecule has 0 saturated heterocycles. The fourth-order valence-corrected chi connectivity index (χ4v) is 2.14. The third-order valence-electron chi connectivity index (χ3n) is 3.35. The van der Waals surface area contributed by atoms with Gasteiger partial charge in [-0.1, -0.05) is 30.3 Å². The van der Waals surface area contributed by atoms with Crippen LogP contribution in [-0.2, 0) is 20.9 Å². The first kappa shape index (κ1) is 21.1. The van der Waals surface area contributed by atoms with Crippen LogP contribution in [0.15, 0.2) is 42.5 Å². The molecule has 0 saturated carbocycles. The largest absolute Gasteiger partial charge is 0.492 e. The minimum absolute atomic E-state index is 0.209. The number of alkyl carbamates (subject to hydrolysis) is 1. The summed E-state index contributed by atoms with van der Waals surface area (Å²) in [5.74, 6) is -1.92. The van der Waals surface area contributed by atoms with Crippen LogP contribution in [0.5, 0.6) is 11.8 Å². The van der Waals surface area contributed by atoms with Gasteiger partial charge in [-0.2, -0.15) is 0 Å². The summed E-state index contributed by atoms with van der Waals surface area (Å²) in [6.45, 7) is 5.04. The molecule has 1 amide bonds. The number of carbonyl (C=O) groups is 2. The molecule has 0 aliphatic rings. The number of hydrogen-bond acceptors (Lipinski definition) is 7. The van der Waals surface area contributed by atoms with E-state index in [-0.39, 0.29) is 13.2 Å². The van der Waals surface area contributed by atoms with Gasteiger partial charge < -0.3 is 29.8 Å². The number of nitrogens with one attached hydrogen (secondary N) is 1. The second-order valence-corrected chi connectivity index (χ2v) is 6.95. The maximum Gasteiger partial charge on any atom is 0.408 e. The predicted octanol–water partition coefficient (Wildman–Crippen LogP) is 1.96. The van der Waals surface area contributed by atoms with E-state index in [2.05, 4.69) is 5.32 Å². The first-order valence-electron chi connectivity index (χ1n) is 8.59. The van der Waals surface area contributed by atoms with Crippen molar-refractivity contribution in [2.75, 3.05) is 6.61 Å². The number of rotatable bonds is 7. The predicted molar refractivity (Wildman–Crippen MR) is 98.6 cm³/mol. The van der Waals surface area contributed by atoms with Gasteiger partial charge in [-0.05, 0) is 26.3 Å². The molecule has 1 heterocycles. The van der Waals surface area contributed by atoms with Gasteiger partial charge in [-0.3, -0.25) is 0 Å². The maximum atomic E-state index is 12.4. The monoisotopic (exact) mass is 392 g/mol. The zero-order valence-electron chi connectivity index (χ0n) is 15.9. The van der Waals surface area contributed by atoms with E-state index < -0.39 is 35.5 Å². The number of carbonyl (C=O) groups excluding carboxylic acids is 2. The van der Waals surface area contributed by atoms with Crippen molar-refractivity contribution in [2.45, 2.75) is 39.0 Å². The van der Waals surface area contributed by atoms with Crippen LogP contribution < -0.4 is 10.2 Å². The number of benzene rings is 1. The molecule has 2 aromatic rings. The normalized spacial score (nSPS) is 12.2. The second-order valence-electron chi connectivity index (χ2n) is 6.95. The van der Waals surface area contributed by atoms with E-state index in [4.69, 9.17) is 14.3 Å². The second kappa shape index (κ2) is 9.14. The lowest BCUT2D eigenvalue weighted by atomic mass is 10.2. The van der Waals surface area contributed by atoms with Crippen LogP contribution in [0.3, 0.4) is 0 Å². The van der Waals surface area contributed by atoms with Crippen molar-refractivity contribution in [3.05, 3.63) is 48.0 Å². The Bertz CT molecular complexity index is 777. The van der Waals surface area contributed by atoms with E-state index in [1.807, 2.05) is 30.3 Å². The Morgan fingerprint density at radius 2 is 1.68 bits per heavy atom. The summed E-state index contributed by atoms with van der Waals surface area (Å²) >= 11 is 0. The van der Waals surface area contributed by atoms with Crippen LogP contribution in [0, 0.1) is 0 Å². The average molecular weight is 392 g/mol. The molecular weight excluding hydrogens is 368 g/mol. The molecule has 28 heavy (non-hydrogen) atoms. The van der Waals surface area contributed by atoms with Crippen molar-refractivity contribution in [1.82, 2.24) is 10.0 Å². The lowest BCUT2D eigenvalue weighted by molar-refractivity contribution is -0.149. The van der Waals surface area contributed by atoms with Gasteiger partial charge in [0.25, 0.3) is 0 Å². The topological polar surface area (TPSA) is 119 Å². The summed E-state index contributed by atoms with van der Waals surface area (Å²) in [4.78, 5) is 29.4. The number of hydrogen-bond donors (Lipinski definition) is 3. The summed E-state index contributed by atoms with van der Waals surface area (Å²) in [7, 11) is 0. The molecule has 3 N–H and O–H groups in total. The third kappa shape index (κ3) is 6.51. The Labute approximate surface area is 162 Å². The standard InChI is InChI=1S/C19H24N2O7/c1-19(2,3)27-18(25)20-14(12-26-11-13-7-5-4-6-8-13)17(24)28-21-15(22)9-10-16(21)23/h4-10,14,22-23H,11-12H2,1-3H3,(H,20,25)/t14-/m0/s1. The highest BCUT2D eigenvalue weighted by Gasteiger charge is 2.27. The Morgan fingerprint density at radius 3 is 2.25 bits per heavy atom. The molecule has 1 aromatic carbocycles. The molecular formula is C19H24N2O7. The van der Waals surface area contributed by atoms with E-state index >= 15 is 0 Å². The molecule has 0 aliphatic heterocycles. The van der Waals surface area contributed by atoms with Crippen LogP contribution in [0.2, 0.25) is 0 Å². The van der Waals surface area contributed by atoms with E-state index in [0.29, 0.717) is 4.73 Å². The lowest BCUT2D eigenvalue weighted by Crippen LogP contribution is -2.49. The molecule has 1 atom stereocenters. The van der Waals surface area contributed by atoms with Crippen molar-refractivity contribution in [3.63, 3.8) is 0 Å². The van der Waals surface area contributed by atoms with Gasteiger partial charge in [0.2, 0.25) is 11.8 Å². The number of nitrogens with zero attached hydrogens (tertiary/aromatic N) is 1. The fourth-order valence-electron chi connectivity index (χ4n) is 2.14. The zero-order valence-corrected chi connectivity index (χ0v) is 15.9. The maximum absolute atomic E-state index is 12.4. The molecule has 0 unspecified atom stereocenters. The molecule has 0 radical (unpaired) electrons. The van der Waals surface area contributed by atoms with Gasteiger partial charge in [-0.15, -0.1) is 4.73 Å². The van der Waals surface area contributed by atoms with Crippen LogP contribution in [0.1, 0.15) is 26.3 Å². The van der Waals surface area contributed by atoms with Gasteiger partial charge in [0.1, 0.15) is 5.60 Å². The van der Waals surface area contributed by atoms with Gasteiger partial charge in [0.15, 0.2) is 6.04 Å². The Balaban J connectivity index is 2.03. The number of aromatic hydroxyl groups is 2. The first-order chi connectivity index (χ1) is 13.2. The Kier molecular flexibility index (Phi) is 6.89. The van der Waals surface area contributed by atoms with Crippen molar-refractivity contribution in [3.8, 4) is 11.8 Å². The summed E-state index contributed by atoms with van der Waals surface area (Å²) in [6.07, 6.45) is -0.835. The molecule has 152 valence electrons. The molecule has 0 fully saturated rings. The van der Waals surface area contributed by atoms with Crippen molar-refractivity contribution < 1.29 is 34.1 Å². The number of amides is 1. The highest BCUT2D eigenvalue weighted by atomic mass is 16.7. The van der Waals surface area contributed by atoms with Crippen LogP contribution in [-0.4, -0.2) is 45.3 Å². The molecule has 1 aromatic heterocycles. The number of aromatic nitrogens is 1. The van der Waals surface area contributed by atoms with Crippen molar-refractivity contribution in [1.29, 1.82) is 0 Å². The van der Waals surface area contributed by atoms with Gasteiger partial charge in [0.05, 0.1) is 13.2 Å². The van der Waals surface area contributed by atoms with Gasteiger partial charge >= 0.3 is 12.1 Å². The minimum atomic E-state index is -1.24. The van der Waals surface area contributed by atoms with Gasteiger partial charge in [0, 0.05) is 12.1 Å². The summed E-state index contributed by atoms with van der Waals surface area (Å²) in [6, 6.07) is 10.3. The molecule has 0 spiro atoms. The number of ether oxygens (including phenoxy) is 2. The van der Waals surface area contributed by atoms with Crippen molar-refractivity contribution >= 4 is 12.1 Å². The van der Waals surface area contributed by atoms with Crippen LogP contribution in [0.4, 0.5) is 4.79 Å². The lowest BCUT2D eigenvalue weighted by Gasteiger charge is -2.23. The zero-order chi connectivity index (χ0) is 20.7. The fraction of sp³-hybridized carbons (Fsp3) is 0.368. The summed E-state index contributed by atoms with van der Waals surface area (Å²) in [5, 5.41) is 21.6. The van der Waals surface area contributed by atoms with E-state index in [1.54, 1.807) is 20.8 Å². The molecule has 2 rings (SSSR count). The quantitative estimate of drug-likeness (QED) is 0.659. The molecule has 0 bridgehead atoms. The molecule has 9 nitrogen and oxygen atoms in total. The third-order valence-corrected chi connectivity index (χ3v) is 3.35.